The quantitative estimate of drug-likeness (QED) is 0.393. The van der Waals surface area contributed by atoms with Gasteiger partial charge in [0.25, 0.3) is 0 Å². The Labute approximate surface area is 92.7 Å². The van der Waals surface area contributed by atoms with E-state index in [1.165, 1.54) is 0 Å². The van der Waals surface area contributed by atoms with Gasteiger partial charge in [0.05, 0.1) is 11.1 Å². The molecule has 1 heterocycles. The third-order valence-corrected chi connectivity index (χ3v) is 3.76. The highest BCUT2D eigenvalue weighted by molar-refractivity contribution is 6.32. The first-order valence-corrected chi connectivity index (χ1v) is 6.35. The van der Waals surface area contributed by atoms with Crippen molar-refractivity contribution in [2.24, 2.45) is 0 Å². The Morgan fingerprint density at radius 1 is 1.47 bits per heavy atom. The summed E-state index contributed by atoms with van der Waals surface area (Å²) in [5.41, 5.74) is 0. The van der Waals surface area contributed by atoms with Crippen LogP contribution in [0.1, 0.15) is 33.6 Å². The van der Waals surface area contributed by atoms with Crippen LogP contribution in [0, 0.1) is 0 Å². The van der Waals surface area contributed by atoms with E-state index in [0.29, 0.717) is 10.2 Å². The van der Waals surface area contributed by atoms with Crippen LogP contribution in [-0.4, -0.2) is 34.4 Å². The molecule has 1 saturated heterocycles. The zero-order valence-corrected chi connectivity index (χ0v) is 11.7. The molecule has 86 valence electrons. The van der Waals surface area contributed by atoms with Crippen molar-refractivity contribution in [3.8, 4) is 0 Å². The Bertz CT molecular complexity index is 271. The Kier molecular flexibility index (Phi) is 3.67. The summed E-state index contributed by atoms with van der Waals surface area (Å²) in [6.45, 7) is 5.74. The lowest BCUT2D eigenvalue weighted by Gasteiger charge is -2.24. The van der Waals surface area contributed by atoms with Crippen LogP contribution >= 0.6 is 0 Å². The lowest BCUT2D eigenvalue weighted by atomic mass is 10.1. The van der Waals surface area contributed by atoms with Crippen LogP contribution in [0.2, 0.25) is 5.04 Å². The molecule has 0 aromatic carbocycles. The molecular weight excluding hydrogens is 212 g/mol. The highest BCUT2D eigenvalue weighted by Crippen LogP contribution is 2.37. The topological polar surface area (TPSA) is 52.6 Å². The van der Waals surface area contributed by atoms with Gasteiger partial charge in [-0.2, -0.15) is 0 Å². The summed E-state index contributed by atoms with van der Waals surface area (Å²) < 4.78 is 10.3. The number of hydrogen-bond acceptors (Lipinski definition) is 4. The van der Waals surface area contributed by atoms with E-state index in [-0.39, 0.29) is 6.10 Å². The fourth-order valence-electron chi connectivity index (χ4n) is 1.58. The molecule has 2 unspecified atom stereocenters. The lowest BCUT2D eigenvalue weighted by molar-refractivity contribution is -0.157. The molecule has 5 heteroatoms. The lowest BCUT2D eigenvalue weighted by Crippen LogP contribution is -2.35. The molecule has 1 aliphatic rings. The van der Waals surface area contributed by atoms with Crippen LogP contribution in [0.25, 0.3) is 0 Å². The zero-order valence-electron chi connectivity index (χ0n) is 9.70. The van der Waals surface area contributed by atoms with Crippen LogP contribution in [0.15, 0.2) is 0 Å². The van der Waals surface area contributed by atoms with E-state index in [9.17, 15) is 9.59 Å². The number of esters is 2. The van der Waals surface area contributed by atoms with E-state index in [0.717, 1.165) is 12.8 Å². The second-order valence-electron chi connectivity index (χ2n) is 4.38. The van der Waals surface area contributed by atoms with Crippen molar-refractivity contribution in [2.75, 3.05) is 0 Å². The van der Waals surface area contributed by atoms with Crippen LogP contribution in [0.3, 0.4) is 0 Å². The molecule has 4 nitrogen and oxygen atoms in total. The number of cyclic esters (lactones) is 2. The molecule has 0 aliphatic carbocycles. The van der Waals surface area contributed by atoms with Gasteiger partial charge in [-0.15, -0.1) is 0 Å². The number of rotatable bonds is 4. The largest absolute Gasteiger partial charge is 0.391 e. The molecule has 0 spiro atoms. The molecule has 15 heavy (non-hydrogen) atoms. The van der Waals surface area contributed by atoms with E-state index < -0.39 is 23.1 Å². The van der Waals surface area contributed by atoms with Crippen molar-refractivity contribution in [1.29, 1.82) is 0 Å². The number of carbonyl (C=O) groups is 2. The molecule has 2 atom stereocenters. The van der Waals surface area contributed by atoms with Crippen molar-refractivity contribution in [3.63, 3.8) is 0 Å². The fourth-order valence-corrected chi connectivity index (χ4v) is 2.05. The summed E-state index contributed by atoms with van der Waals surface area (Å²) in [5.74, 6) is -0.959. The molecule has 0 amide bonds. The molecule has 0 aromatic rings. The zero-order chi connectivity index (χ0) is 11.6. The van der Waals surface area contributed by atoms with E-state index >= 15 is 0 Å². The maximum atomic E-state index is 11.4. The van der Waals surface area contributed by atoms with Gasteiger partial charge in [0.1, 0.15) is 0 Å². The maximum absolute atomic E-state index is 11.4. The van der Waals surface area contributed by atoms with Gasteiger partial charge < -0.3 is 9.47 Å². The molecule has 1 fully saturated rings. The van der Waals surface area contributed by atoms with Crippen molar-refractivity contribution in [1.82, 2.24) is 0 Å². The molecule has 0 N–H and O–H groups in total. The molecule has 0 aromatic heterocycles. The second kappa shape index (κ2) is 4.45. The van der Waals surface area contributed by atoms with Crippen LogP contribution in [-0.2, 0) is 19.1 Å². The summed E-state index contributed by atoms with van der Waals surface area (Å²) in [7, 11) is 0.557. The Morgan fingerprint density at radius 3 is 2.33 bits per heavy atom. The average molecular weight is 230 g/mol. The Balaban J connectivity index is 2.76. The molecule has 0 saturated carbocycles. The summed E-state index contributed by atoms with van der Waals surface area (Å²) in [5, 5.41) is -0.723. The predicted octanol–water partition coefficient (Wildman–Crippen LogP) is 0.188. The summed E-state index contributed by atoms with van der Waals surface area (Å²) >= 11 is 0. The van der Waals surface area contributed by atoms with Crippen LogP contribution in [0.4, 0.5) is 0 Å². The van der Waals surface area contributed by atoms with Crippen molar-refractivity contribution in [2.45, 2.75) is 50.9 Å². The number of carbonyl (C=O) groups excluding carboxylic acids is 2. The average Bonchev–Trinajstić information content (AvgIpc) is 2.35. The minimum atomic E-state index is -0.723. The van der Waals surface area contributed by atoms with Gasteiger partial charge >= 0.3 is 11.9 Å². The maximum Gasteiger partial charge on any atom is 0.343 e. The van der Waals surface area contributed by atoms with Gasteiger partial charge in [-0.25, -0.2) is 4.79 Å². The second-order valence-corrected chi connectivity index (χ2v) is 6.46. The Hall–Kier alpha value is -0.683. The predicted molar refractivity (Wildman–Crippen MR) is 58.6 cm³/mol. The molecule has 1 aliphatic heterocycles. The van der Waals surface area contributed by atoms with Gasteiger partial charge in [0, 0.05) is 10.2 Å². The van der Waals surface area contributed by atoms with E-state index in [1.54, 1.807) is 6.92 Å². The minimum absolute atomic E-state index is 0.0294. The third-order valence-electron chi connectivity index (χ3n) is 2.83. The van der Waals surface area contributed by atoms with Crippen LogP contribution in [0.5, 0.6) is 0 Å². The number of ether oxygens (including phenoxy) is 2. The summed E-state index contributed by atoms with van der Waals surface area (Å²) in [6.07, 6.45) is 1.02. The van der Waals surface area contributed by atoms with Gasteiger partial charge in [-0.05, 0) is 19.8 Å². The van der Waals surface area contributed by atoms with Crippen LogP contribution < -0.4 is 0 Å². The Morgan fingerprint density at radius 2 is 2.00 bits per heavy atom. The van der Waals surface area contributed by atoms with E-state index in [4.69, 9.17) is 4.74 Å². The van der Waals surface area contributed by atoms with Gasteiger partial charge in [-0.3, -0.25) is 4.79 Å². The van der Waals surface area contributed by atoms with Crippen molar-refractivity contribution >= 4 is 22.2 Å². The van der Waals surface area contributed by atoms with E-state index in [1.807, 2.05) is 13.8 Å². The van der Waals surface area contributed by atoms with Gasteiger partial charge in [-0.1, -0.05) is 13.8 Å². The normalized spacial score (nSPS) is 31.3. The van der Waals surface area contributed by atoms with E-state index in [2.05, 4.69) is 4.74 Å². The van der Waals surface area contributed by atoms with Crippen molar-refractivity contribution in [3.05, 3.63) is 0 Å². The molecule has 0 bridgehead atoms. The highest BCUT2D eigenvalue weighted by atomic mass is 28.1. The highest BCUT2D eigenvalue weighted by Gasteiger charge is 2.52. The summed E-state index contributed by atoms with van der Waals surface area (Å²) in [6, 6.07) is 0. The summed E-state index contributed by atoms with van der Waals surface area (Å²) in [4.78, 5) is 22.8. The first kappa shape index (κ1) is 12.4. The monoisotopic (exact) mass is 230 g/mol. The van der Waals surface area contributed by atoms with Gasteiger partial charge in [0.2, 0.25) is 0 Å². The fraction of sp³-hybridized carbons (Fsp3) is 0.800. The smallest absolute Gasteiger partial charge is 0.343 e. The molecular formula is C10H18O4Si. The molecule has 1 rings (SSSR count). The van der Waals surface area contributed by atoms with Gasteiger partial charge in [0.15, 0.2) is 6.10 Å². The standard InChI is InChI=1S/C10H18O4Si/c1-4-6(5-2)13-7-8(11)14-9(12)10(7,3)15/h6-7H,4-5H2,1-3,15H3. The first-order chi connectivity index (χ1) is 6.93. The molecule has 0 radical (unpaired) electrons. The first-order valence-electron chi connectivity index (χ1n) is 5.35. The SMILES string of the molecule is CCC(CC)OC1C(=O)OC(=O)C1(C)[SiH3]. The minimum Gasteiger partial charge on any atom is -0.391 e. The third kappa shape index (κ3) is 2.29. The van der Waals surface area contributed by atoms with Crippen molar-refractivity contribution < 1.29 is 19.1 Å². The number of hydrogen-bond donors (Lipinski definition) is 0.